The standard InChI is InChI=1S/C19H28N4O3/c1-19(2,3)26-18(24)23-12-11-22-17(20-4)21-10-9-15-13-14-7-5-6-8-16(14)25-15/h5-8,13H,9-12H2,1-4H3,(H,23,24)(H2,20,21,22). The average molecular weight is 360 g/mol. The Bertz CT molecular complexity index is 714. The van der Waals surface area contributed by atoms with E-state index in [1.165, 1.54) is 0 Å². The fourth-order valence-electron chi connectivity index (χ4n) is 2.34. The highest BCUT2D eigenvalue weighted by Crippen LogP contribution is 2.18. The third-order valence-electron chi connectivity index (χ3n) is 3.45. The lowest BCUT2D eigenvalue weighted by Crippen LogP contribution is -2.42. The number of nitrogens with one attached hydrogen (secondary N) is 3. The van der Waals surface area contributed by atoms with Crippen molar-refractivity contribution in [2.24, 2.45) is 4.99 Å². The number of para-hydroxylation sites is 1. The zero-order chi connectivity index (χ0) is 19.0. The third-order valence-corrected chi connectivity index (χ3v) is 3.45. The molecule has 1 amide bonds. The lowest BCUT2D eigenvalue weighted by Gasteiger charge is -2.19. The third kappa shape index (κ3) is 6.66. The van der Waals surface area contributed by atoms with Crippen LogP contribution in [0.25, 0.3) is 11.0 Å². The summed E-state index contributed by atoms with van der Waals surface area (Å²) in [7, 11) is 1.71. The summed E-state index contributed by atoms with van der Waals surface area (Å²) in [5.41, 5.74) is 0.407. The van der Waals surface area contributed by atoms with Gasteiger partial charge in [-0.15, -0.1) is 0 Å². The number of fused-ring (bicyclic) bond motifs is 1. The molecule has 7 nitrogen and oxygen atoms in total. The number of rotatable bonds is 6. The normalized spacial score (nSPS) is 12.1. The van der Waals surface area contributed by atoms with Crippen LogP contribution < -0.4 is 16.0 Å². The minimum atomic E-state index is -0.494. The van der Waals surface area contributed by atoms with Crippen LogP contribution in [-0.4, -0.2) is 44.3 Å². The molecule has 2 rings (SSSR count). The van der Waals surface area contributed by atoms with Crippen molar-refractivity contribution in [3.05, 3.63) is 36.1 Å². The zero-order valence-electron chi connectivity index (χ0n) is 15.9. The molecule has 1 heterocycles. The number of guanidine groups is 1. The number of carbonyl (C=O) groups is 1. The average Bonchev–Trinajstić information content (AvgIpc) is 2.98. The van der Waals surface area contributed by atoms with Gasteiger partial charge in [0.2, 0.25) is 0 Å². The molecule has 1 aromatic carbocycles. The van der Waals surface area contributed by atoms with Gasteiger partial charge in [-0.05, 0) is 32.9 Å². The minimum Gasteiger partial charge on any atom is -0.461 e. The number of furan rings is 1. The molecule has 0 fully saturated rings. The monoisotopic (exact) mass is 360 g/mol. The van der Waals surface area contributed by atoms with Crippen LogP contribution in [0.1, 0.15) is 26.5 Å². The summed E-state index contributed by atoms with van der Waals surface area (Å²) in [6.07, 6.45) is 0.332. The number of carbonyl (C=O) groups excluding carboxylic acids is 1. The van der Waals surface area contributed by atoms with Crippen molar-refractivity contribution in [1.29, 1.82) is 0 Å². The first kappa shape index (κ1) is 19.6. The van der Waals surface area contributed by atoms with E-state index in [9.17, 15) is 4.79 Å². The van der Waals surface area contributed by atoms with E-state index < -0.39 is 11.7 Å². The van der Waals surface area contributed by atoms with E-state index in [-0.39, 0.29) is 0 Å². The van der Waals surface area contributed by atoms with E-state index in [0.717, 1.165) is 23.2 Å². The Morgan fingerprint density at radius 2 is 1.81 bits per heavy atom. The summed E-state index contributed by atoms with van der Waals surface area (Å²) >= 11 is 0. The topological polar surface area (TPSA) is 87.9 Å². The summed E-state index contributed by atoms with van der Waals surface area (Å²) in [5.74, 6) is 1.60. The highest BCUT2D eigenvalue weighted by molar-refractivity contribution is 5.80. The van der Waals surface area contributed by atoms with Crippen LogP contribution in [0.2, 0.25) is 0 Å². The summed E-state index contributed by atoms with van der Waals surface area (Å²) in [5, 5.41) is 10.2. The molecule has 0 atom stereocenters. The lowest BCUT2D eigenvalue weighted by atomic mass is 10.2. The molecule has 7 heteroatoms. The Labute approximate surface area is 154 Å². The van der Waals surface area contributed by atoms with E-state index >= 15 is 0 Å². The number of nitrogens with zero attached hydrogens (tertiary/aromatic N) is 1. The zero-order valence-corrected chi connectivity index (χ0v) is 15.9. The molecule has 0 spiro atoms. The van der Waals surface area contributed by atoms with Crippen LogP contribution in [0, 0.1) is 0 Å². The number of hydrogen-bond acceptors (Lipinski definition) is 4. The van der Waals surface area contributed by atoms with Gasteiger partial charge in [-0.2, -0.15) is 0 Å². The fraction of sp³-hybridized carbons (Fsp3) is 0.474. The van der Waals surface area contributed by atoms with Gasteiger partial charge in [0.05, 0.1) is 0 Å². The maximum Gasteiger partial charge on any atom is 0.407 e. The molecule has 142 valence electrons. The first-order valence-electron chi connectivity index (χ1n) is 8.76. The van der Waals surface area contributed by atoms with Gasteiger partial charge in [0, 0.05) is 38.5 Å². The predicted octanol–water partition coefficient (Wildman–Crippen LogP) is 2.67. The molecule has 0 unspecified atom stereocenters. The van der Waals surface area contributed by atoms with Gasteiger partial charge < -0.3 is 25.1 Å². The van der Waals surface area contributed by atoms with Gasteiger partial charge in [-0.3, -0.25) is 4.99 Å². The van der Waals surface area contributed by atoms with E-state index in [4.69, 9.17) is 9.15 Å². The fourth-order valence-corrected chi connectivity index (χ4v) is 2.34. The second kappa shape index (κ2) is 9.12. The van der Waals surface area contributed by atoms with Crippen molar-refractivity contribution in [3.63, 3.8) is 0 Å². The lowest BCUT2D eigenvalue weighted by molar-refractivity contribution is 0.0529. The van der Waals surface area contributed by atoms with Crippen LogP contribution in [0.5, 0.6) is 0 Å². The molecule has 3 N–H and O–H groups in total. The maximum absolute atomic E-state index is 11.6. The number of alkyl carbamates (subject to hydrolysis) is 1. The first-order chi connectivity index (χ1) is 12.4. The summed E-state index contributed by atoms with van der Waals surface area (Å²) in [6, 6.07) is 10.0. The number of benzene rings is 1. The predicted molar refractivity (Wildman–Crippen MR) is 104 cm³/mol. The molecule has 0 saturated carbocycles. The minimum absolute atomic E-state index is 0.424. The molecule has 0 saturated heterocycles. The van der Waals surface area contributed by atoms with Gasteiger partial charge in [-0.25, -0.2) is 4.79 Å². The second-order valence-electron chi connectivity index (χ2n) is 6.85. The van der Waals surface area contributed by atoms with E-state index in [0.29, 0.717) is 25.6 Å². The molecular formula is C19H28N4O3. The number of amides is 1. The second-order valence-corrected chi connectivity index (χ2v) is 6.85. The van der Waals surface area contributed by atoms with Gasteiger partial charge in [0.25, 0.3) is 0 Å². The number of hydrogen-bond donors (Lipinski definition) is 3. The highest BCUT2D eigenvalue weighted by atomic mass is 16.6. The van der Waals surface area contributed by atoms with Gasteiger partial charge >= 0.3 is 6.09 Å². The molecule has 0 aliphatic carbocycles. The SMILES string of the molecule is CN=C(NCCNC(=O)OC(C)(C)C)NCCc1cc2ccccc2o1. The van der Waals surface area contributed by atoms with Crippen LogP contribution in [0.3, 0.4) is 0 Å². The van der Waals surface area contributed by atoms with Crippen LogP contribution in [0.15, 0.2) is 39.7 Å². The molecule has 0 aliphatic heterocycles. The first-order valence-corrected chi connectivity index (χ1v) is 8.76. The van der Waals surface area contributed by atoms with Gasteiger partial charge in [0.15, 0.2) is 5.96 Å². The van der Waals surface area contributed by atoms with E-state index in [1.54, 1.807) is 7.05 Å². The van der Waals surface area contributed by atoms with Crippen LogP contribution in [0.4, 0.5) is 4.79 Å². The quantitative estimate of drug-likeness (QED) is 0.419. The molecule has 2 aromatic rings. The molecule has 0 bridgehead atoms. The van der Waals surface area contributed by atoms with Crippen molar-refractivity contribution in [1.82, 2.24) is 16.0 Å². The number of aliphatic imine (C=N–C) groups is 1. The Hall–Kier alpha value is -2.70. The maximum atomic E-state index is 11.6. The van der Waals surface area contributed by atoms with Crippen molar-refractivity contribution in [3.8, 4) is 0 Å². The van der Waals surface area contributed by atoms with Crippen molar-refractivity contribution >= 4 is 23.0 Å². The van der Waals surface area contributed by atoms with Crippen molar-refractivity contribution in [2.45, 2.75) is 32.8 Å². The largest absolute Gasteiger partial charge is 0.461 e. The van der Waals surface area contributed by atoms with Crippen LogP contribution in [-0.2, 0) is 11.2 Å². The highest BCUT2D eigenvalue weighted by Gasteiger charge is 2.15. The molecular weight excluding hydrogens is 332 g/mol. The van der Waals surface area contributed by atoms with Crippen molar-refractivity contribution in [2.75, 3.05) is 26.7 Å². The summed E-state index contributed by atoms with van der Waals surface area (Å²) < 4.78 is 11.0. The van der Waals surface area contributed by atoms with E-state index in [1.807, 2.05) is 45.0 Å². The Balaban J connectivity index is 1.65. The van der Waals surface area contributed by atoms with E-state index in [2.05, 4.69) is 27.0 Å². The molecule has 0 radical (unpaired) electrons. The number of ether oxygens (including phenoxy) is 1. The Morgan fingerprint density at radius 3 is 2.50 bits per heavy atom. The Morgan fingerprint density at radius 1 is 1.12 bits per heavy atom. The van der Waals surface area contributed by atoms with Crippen molar-refractivity contribution < 1.29 is 13.9 Å². The summed E-state index contributed by atoms with van der Waals surface area (Å²) in [6.45, 7) is 7.18. The van der Waals surface area contributed by atoms with Crippen LogP contribution >= 0.6 is 0 Å². The summed E-state index contributed by atoms with van der Waals surface area (Å²) in [4.78, 5) is 15.7. The Kier molecular flexibility index (Phi) is 6.89. The molecule has 0 aliphatic rings. The molecule has 26 heavy (non-hydrogen) atoms. The van der Waals surface area contributed by atoms with Gasteiger partial charge in [0.1, 0.15) is 16.9 Å². The molecule has 1 aromatic heterocycles. The smallest absolute Gasteiger partial charge is 0.407 e. The van der Waals surface area contributed by atoms with Gasteiger partial charge in [-0.1, -0.05) is 18.2 Å².